The molecule has 0 amide bonds. The SMILES string of the molecule is CCCc1cc(=O)oc2cc(OC(=O)CN(C)S(=O)(=O)c3ccc(Br)cc3)ccc12. The second-order valence-corrected chi connectivity index (χ2v) is 9.65. The van der Waals surface area contributed by atoms with Crippen molar-refractivity contribution < 1.29 is 22.4 Å². The molecule has 0 atom stereocenters. The molecule has 0 aliphatic rings. The number of aryl methyl sites for hydroxylation is 1. The summed E-state index contributed by atoms with van der Waals surface area (Å²) >= 11 is 3.25. The molecule has 0 spiro atoms. The molecule has 9 heteroatoms. The standard InChI is InChI=1S/C21H20BrNO6S/c1-3-4-14-11-20(24)29-19-12-16(7-10-18(14)19)28-21(25)13-23(2)30(26,27)17-8-5-15(22)6-9-17/h5-12H,3-4,13H2,1-2H3. The molecule has 0 unspecified atom stereocenters. The first kappa shape index (κ1) is 22.2. The van der Waals surface area contributed by atoms with Gasteiger partial charge in [0.1, 0.15) is 17.9 Å². The zero-order valence-electron chi connectivity index (χ0n) is 16.4. The molecular formula is C21H20BrNO6S. The number of fused-ring (bicyclic) bond motifs is 1. The van der Waals surface area contributed by atoms with Gasteiger partial charge in [0, 0.05) is 29.0 Å². The van der Waals surface area contributed by atoms with Crippen molar-refractivity contribution in [3.63, 3.8) is 0 Å². The van der Waals surface area contributed by atoms with Gasteiger partial charge in [-0.05, 0) is 48.4 Å². The number of sulfonamides is 1. The molecule has 158 valence electrons. The van der Waals surface area contributed by atoms with Crippen molar-refractivity contribution in [2.24, 2.45) is 0 Å². The first-order valence-electron chi connectivity index (χ1n) is 9.20. The van der Waals surface area contributed by atoms with Crippen LogP contribution in [0.1, 0.15) is 18.9 Å². The molecule has 30 heavy (non-hydrogen) atoms. The Morgan fingerprint density at radius 1 is 1.13 bits per heavy atom. The fraction of sp³-hybridized carbons (Fsp3) is 0.238. The van der Waals surface area contributed by atoms with Gasteiger partial charge in [-0.2, -0.15) is 4.31 Å². The number of rotatable bonds is 7. The average molecular weight is 494 g/mol. The number of halogens is 1. The molecule has 3 aromatic rings. The lowest BCUT2D eigenvalue weighted by Crippen LogP contribution is -2.34. The first-order chi connectivity index (χ1) is 14.2. The summed E-state index contributed by atoms with van der Waals surface area (Å²) in [4.78, 5) is 24.1. The van der Waals surface area contributed by atoms with Crippen LogP contribution in [0.25, 0.3) is 11.0 Å². The van der Waals surface area contributed by atoms with E-state index in [2.05, 4.69) is 15.9 Å². The second-order valence-electron chi connectivity index (χ2n) is 6.69. The number of hydrogen-bond acceptors (Lipinski definition) is 6. The van der Waals surface area contributed by atoms with Crippen molar-refractivity contribution in [1.29, 1.82) is 0 Å². The zero-order chi connectivity index (χ0) is 21.9. The van der Waals surface area contributed by atoms with Gasteiger partial charge in [0.25, 0.3) is 0 Å². The van der Waals surface area contributed by atoms with E-state index in [-0.39, 0.29) is 10.6 Å². The van der Waals surface area contributed by atoms with Gasteiger partial charge < -0.3 is 9.15 Å². The number of likely N-dealkylation sites (N-methyl/N-ethyl adjacent to an activating group) is 1. The van der Waals surface area contributed by atoms with E-state index in [9.17, 15) is 18.0 Å². The Morgan fingerprint density at radius 3 is 2.50 bits per heavy atom. The van der Waals surface area contributed by atoms with Crippen LogP contribution < -0.4 is 10.4 Å². The molecule has 0 fully saturated rings. The van der Waals surface area contributed by atoms with Crippen LogP contribution in [-0.4, -0.2) is 32.3 Å². The third-order valence-corrected chi connectivity index (χ3v) is 6.77. The number of esters is 1. The van der Waals surface area contributed by atoms with Crippen molar-refractivity contribution in [2.75, 3.05) is 13.6 Å². The summed E-state index contributed by atoms with van der Waals surface area (Å²) in [6, 6.07) is 12.3. The van der Waals surface area contributed by atoms with Gasteiger partial charge in [0.05, 0.1) is 4.90 Å². The molecule has 0 saturated carbocycles. The largest absolute Gasteiger partial charge is 0.425 e. The Bertz CT molecular complexity index is 1230. The summed E-state index contributed by atoms with van der Waals surface area (Å²) < 4.78 is 37.3. The second kappa shape index (κ2) is 9.11. The lowest BCUT2D eigenvalue weighted by atomic mass is 10.1. The molecule has 0 N–H and O–H groups in total. The van der Waals surface area contributed by atoms with Crippen LogP contribution in [0.15, 0.2) is 67.1 Å². The van der Waals surface area contributed by atoms with E-state index in [0.717, 1.165) is 32.6 Å². The fourth-order valence-electron chi connectivity index (χ4n) is 2.97. The van der Waals surface area contributed by atoms with Crippen LogP contribution >= 0.6 is 15.9 Å². The zero-order valence-corrected chi connectivity index (χ0v) is 18.8. The number of nitrogens with zero attached hydrogens (tertiary/aromatic N) is 1. The minimum atomic E-state index is -3.84. The summed E-state index contributed by atoms with van der Waals surface area (Å²) in [7, 11) is -2.54. The van der Waals surface area contributed by atoms with Gasteiger partial charge in [0.2, 0.25) is 10.0 Å². The first-order valence-corrected chi connectivity index (χ1v) is 11.4. The monoisotopic (exact) mass is 493 g/mol. The molecule has 0 saturated heterocycles. The van der Waals surface area contributed by atoms with E-state index >= 15 is 0 Å². The van der Waals surface area contributed by atoms with Crippen LogP contribution in [0.2, 0.25) is 0 Å². The molecule has 3 rings (SSSR count). The highest BCUT2D eigenvalue weighted by Crippen LogP contribution is 2.24. The van der Waals surface area contributed by atoms with Crippen molar-refractivity contribution in [2.45, 2.75) is 24.7 Å². The molecule has 0 radical (unpaired) electrons. The van der Waals surface area contributed by atoms with Gasteiger partial charge in [0.15, 0.2) is 0 Å². The Balaban J connectivity index is 1.76. The van der Waals surface area contributed by atoms with Gasteiger partial charge in [-0.25, -0.2) is 13.2 Å². The van der Waals surface area contributed by atoms with Crippen LogP contribution in [0, 0.1) is 0 Å². The smallest absolute Gasteiger partial charge is 0.336 e. The number of carbonyl (C=O) groups is 1. The van der Waals surface area contributed by atoms with Crippen LogP contribution in [0.5, 0.6) is 5.75 Å². The summed E-state index contributed by atoms with van der Waals surface area (Å²) in [6.45, 7) is 1.53. The Morgan fingerprint density at radius 2 is 1.83 bits per heavy atom. The van der Waals surface area contributed by atoms with E-state index < -0.39 is 28.2 Å². The normalized spacial score (nSPS) is 11.7. The molecule has 0 aliphatic heterocycles. The van der Waals surface area contributed by atoms with Crippen LogP contribution in [0.4, 0.5) is 0 Å². The molecule has 2 aromatic carbocycles. The number of carbonyl (C=O) groups excluding carboxylic acids is 1. The predicted molar refractivity (Wildman–Crippen MR) is 116 cm³/mol. The van der Waals surface area contributed by atoms with Crippen molar-refractivity contribution in [1.82, 2.24) is 4.31 Å². The summed E-state index contributed by atoms with van der Waals surface area (Å²) in [5.41, 5.74) is 0.698. The molecule has 0 bridgehead atoms. The van der Waals surface area contributed by atoms with Crippen molar-refractivity contribution in [3.05, 3.63) is 69.0 Å². The third kappa shape index (κ3) is 4.97. The highest BCUT2D eigenvalue weighted by atomic mass is 79.9. The van der Waals surface area contributed by atoms with Crippen molar-refractivity contribution >= 4 is 42.9 Å². The molecule has 1 heterocycles. The quantitative estimate of drug-likeness (QED) is 0.282. The maximum atomic E-state index is 12.6. The maximum absolute atomic E-state index is 12.6. The van der Waals surface area contributed by atoms with Crippen LogP contribution in [0.3, 0.4) is 0 Å². The van der Waals surface area contributed by atoms with E-state index in [4.69, 9.17) is 9.15 Å². The van der Waals surface area contributed by atoms with Gasteiger partial charge in [-0.15, -0.1) is 0 Å². The lowest BCUT2D eigenvalue weighted by Gasteiger charge is -2.16. The highest BCUT2D eigenvalue weighted by Gasteiger charge is 2.24. The van der Waals surface area contributed by atoms with E-state index in [1.54, 1.807) is 24.3 Å². The number of ether oxygens (including phenoxy) is 1. The number of benzene rings is 2. The fourth-order valence-corrected chi connectivity index (χ4v) is 4.35. The molecule has 7 nitrogen and oxygen atoms in total. The molecule has 0 aliphatic carbocycles. The highest BCUT2D eigenvalue weighted by molar-refractivity contribution is 9.10. The number of hydrogen-bond donors (Lipinski definition) is 0. The van der Waals surface area contributed by atoms with E-state index in [0.29, 0.717) is 5.58 Å². The van der Waals surface area contributed by atoms with Crippen molar-refractivity contribution in [3.8, 4) is 5.75 Å². The maximum Gasteiger partial charge on any atom is 0.336 e. The van der Waals surface area contributed by atoms with Crippen LogP contribution in [-0.2, 0) is 21.2 Å². The Kier molecular flexibility index (Phi) is 6.74. The van der Waals surface area contributed by atoms with E-state index in [1.165, 1.54) is 31.3 Å². The predicted octanol–water partition coefficient (Wildman–Crippen LogP) is 3.73. The van der Waals surface area contributed by atoms with Gasteiger partial charge in [-0.3, -0.25) is 4.79 Å². The minimum absolute atomic E-state index is 0.0666. The average Bonchev–Trinajstić information content (AvgIpc) is 2.68. The summed E-state index contributed by atoms with van der Waals surface area (Å²) in [6.07, 6.45) is 1.59. The lowest BCUT2D eigenvalue weighted by molar-refractivity contribution is -0.134. The Labute approximate surface area is 182 Å². The molecular weight excluding hydrogens is 474 g/mol. The molecule has 1 aromatic heterocycles. The van der Waals surface area contributed by atoms with Gasteiger partial charge in [-0.1, -0.05) is 29.3 Å². The minimum Gasteiger partial charge on any atom is -0.425 e. The Hall–Kier alpha value is -2.49. The summed E-state index contributed by atoms with van der Waals surface area (Å²) in [5.74, 6) is -0.594. The summed E-state index contributed by atoms with van der Waals surface area (Å²) in [5, 5.41) is 0.770. The third-order valence-electron chi connectivity index (χ3n) is 4.43. The van der Waals surface area contributed by atoms with Gasteiger partial charge >= 0.3 is 11.6 Å². The topological polar surface area (TPSA) is 93.9 Å². The van der Waals surface area contributed by atoms with E-state index in [1.807, 2.05) is 6.92 Å².